The van der Waals surface area contributed by atoms with Crippen LogP contribution in [0.1, 0.15) is 22.5 Å². The number of halogens is 3. The molecule has 8 nitrogen and oxygen atoms in total. The predicted octanol–water partition coefficient (Wildman–Crippen LogP) is 4.64. The van der Waals surface area contributed by atoms with Gasteiger partial charge in [0, 0.05) is 29.6 Å². The molecule has 0 aliphatic carbocycles. The van der Waals surface area contributed by atoms with Crippen LogP contribution >= 0.6 is 0 Å². The summed E-state index contributed by atoms with van der Waals surface area (Å²) in [5.41, 5.74) is -1.85. The molecule has 0 unspecified atom stereocenters. The van der Waals surface area contributed by atoms with E-state index in [2.05, 4.69) is 9.50 Å². The molecule has 3 heterocycles. The normalized spacial score (nSPS) is 14.0. The molecule has 0 spiro atoms. The second kappa shape index (κ2) is 9.10. The number of aromatic nitrogens is 3. The van der Waals surface area contributed by atoms with Gasteiger partial charge in [0.1, 0.15) is 5.82 Å². The van der Waals surface area contributed by atoms with Crippen LogP contribution in [0.25, 0.3) is 16.9 Å². The number of anilines is 1. The Morgan fingerprint density at radius 2 is 1.89 bits per heavy atom. The van der Waals surface area contributed by atoms with Gasteiger partial charge < -0.3 is 14.2 Å². The molecule has 0 radical (unpaired) electrons. The number of aryl methyl sites for hydroxylation is 1. The number of alkyl halides is 3. The molecular formula is C24H21F3N4O4S. The minimum atomic E-state index is -5.83. The maximum Gasteiger partial charge on any atom is 0.534 e. The number of benzene rings is 2. The first-order chi connectivity index (χ1) is 17.1. The van der Waals surface area contributed by atoms with E-state index in [-0.39, 0.29) is 5.39 Å². The van der Waals surface area contributed by atoms with Crippen molar-refractivity contribution in [2.75, 3.05) is 11.9 Å². The number of nitrogens with zero attached hydrogens (tertiary/aromatic N) is 3. The van der Waals surface area contributed by atoms with Crippen molar-refractivity contribution in [1.29, 1.82) is 0 Å². The number of hydrogen-bond acceptors (Lipinski definition) is 7. The highest BCUT2D eigenvalue weighted by Crippen LogP contribution is 2.35. The van der Waals surface area contributed by atoms with E-state index in [1.807, 2.05) is 30.3 Å². The summed E-state index contributed by atoms with van der Waals surface area (Å²) in [5.74, 6) is 0.460. The van der Waals surface area contributed by atoms with Crippen LogP contribution in [0.4, 0.5) is 19.0 Å². The van der Waals surface area contributed by atoms with Gasteiger partial charge in [-0.1, -0.05) is 36.4 Å². The molecule has 0 saturated heterocycles. The molecule has 4 aromatic rings. The van der Waals surface area contributed by atoms with Crippen LogP contribution in [0.5, 0.6) is 5.75 Å². The zero-order chi connectivity index (χ0) is 25.5. The highest BCUT2D eigenvalue weighted by Gasteiger charge is 2.48. The molecule has 12 heteroatoms. The Kier molecular flexibility index (Phi) is 6.08. The van der Waals surface area contributed by atoms with Crippen LogP contribution in [-0.4, -0.2) is 35.1 Å². The van der Waals surface area contributed by atoms with E-state index in [1.165, 1.54) is 12.1 Å². The summed E-state index contributed by atoms with van der Waals surface area (Å²) in [6.45, 7) is 3.10. The van der Waals surface area contributed by atoms with Crippen LogP contribution in [-0.2, 0) is 34.4 Å². The Balaban J connectivity index is 1.59. The number of fused-ring (bicyclic) bond motifs is 2. The summed E-state index contributed by atoms with van der Waals surface area (Å²) in [7, 11) is -5.83. The van der Waals surface area contributed by atoms with Gasteiger partial charge in [0.05, 0.1) is 24.4 Å². The highest BCUT2D eigenvalue weighted by atomic mass is 32.2. The van der Waals surface area contributed by atoms with E-state index in [4.69, 9.17) is 14.7 Å². The Bertz CT molecular complexity index is 1540. The van der Waals surface area contributed by atoms with Crippen LogP contribution in [0.3, 0.4) is 0 Å². The minimum Gasteiger partial charge on any atom is -0.376 e. The lowest BCUT2D eigenvalue weighted by Crippen LogP contribution is -2.28. The van der Waals surface area contributed by atoms with E-state index in [9.17, 15) is 21.6 Å². The third kappa shape index (κ3) is 4.49. The van der Waals surface area contributed by atoms with Crippen molar-refractivity contribution >= 4 is 26.8 Å². The molecule has 1 aliphatic heterocycles. The average molecular weight is 519 g/mol. The van der Waals surface area contributed by atoms with Gasteiger partial charge in [-0.05, 0) is 30.7 Å². The SMILES string of the molecule is Cc1cc2c(OS(=O)(=O)C(F)(F)F)cccc2n1-c1nc2c(c(NCc3ccccc3)n1)COCC2. The fourth-order valence-corrected chi connectivity index (χ4v) is 4.56. The monoisotopic (exact) mass is 518 g/mol. The Morgan fingerprint density at radius 3 is 2.64 bits per heavy atom. The Morgan fingerprint density at radius 1 is 1.11 bits per heavy atom. The van der Waals surface area contributed by atoms with E-state index in [0.29, 0.717) is 49.2 Å². The van der Waals surface area contributed by atoms with Crippen LogP contribution < -0.4 is 9.50 Å². The van der Waals surface area contributed by atoms with Gasteiger partial charge >= 0.3 is 15.6 Å². The van der Waals surface area contributed by atoms with E-state index < -0.39 is 21.4 Å². The summed E-state index contributed by atoms with van der Waals surface area (Å²) in [6, 6.07) is 15.5. The van der Waals surface area contributed by atoms with Crippen molar-refractivity contribution in [3.63, 3.8) is 0 Å². The molecule has 0 amide bonds. The molecule has 188 valence electrons. The Hall–Kier alpha value is -3.64. The van der Waals surface area contributed by atoms with Gasteiger partial charge in [-0.25, -0.2) is 4.98 Å². The van der Waals surface area contributed by atoms with Gasteiger partial charge in [0.2, 0.25) is 5.95 Å². The molecule has 0 fully saturated rings. The Labute approximate surface area is 204 Å². The van der Waals surface area contributed by atoms with Crippen molar-refractivity contribution in [2.45, 2.75) is 32.0 Å². The van der Waals surface area contributed by atoms with Crippen molar-refractivity contribution in [1.82, 2.24) is 14.5 Å². The molecule has 2 aromatic carbocycles. The summed E-state index contributed by atoms with van der Waals surface area (Å²) < 4.78 is 73.7. The largest absolute Gasteiger partial charge is 0.534 e. The maximum atomic E-state index is 12.9. The van der Waals surface area contributed by atoms with E-state index in [0.717, 1.165) is 16.8 Å². The van der Waals surface area contributed by atoms with Crippen molar-refractivity contribution in [2.24, 2.45) is 0 Å². The summed E-state index contributed by atoms with van der Waals surface area (Å²) >= 11 is 0. The van der Waals surface area contributed by atoms with E-state index in [1.54, 1.807) is 23.6 Å². The van der Waals surface area contributed by atoms with E-state index >= 15 is 0 Å². The maximum absolute atomic E-state index is 12.9. The lowest BCUT2D eigenvalue weighted by Gasteiger charge is -2.21. The van der Waals surface area contributed by atoms with Gasteiger partial charge in [-0.3, -0.25) is 4.57 Å². The zero-order valence-electron chi connectivity index (χ0n) is 19.0. The number of hydrogen-bond donors (Lipinski definition) is 1. The lowest BCUT2D eigenvalue weighted by molar-refractivity contribution is -0.0499. The first-order valence-electron chi connectivity index (χ1n) is 11.0. The molecule has 5 rings (SSSR count). The first-order valence-corrected chi connectivity index (χ1v) is 12.4. The van der Waals surface area contributed by atoms with Gasteiger partial charge in [0.25, 0.3) is 0 Å². The number of rotatable bonds is 6. The first kappa shape index (κ1) is 24.1. The third-order valence-corrected chi connectivity index (χ3v) is 6.75. The lowest BCUT2D eigenvalue weighted by atomic mass is 10.1. The smallest absolute Gasteiger partial charge is 0.376 e. The standard InChI is InChI=1S/C24H21F3N4O4S/c1-15-12-17-20(8-5-9-21(17)35-36(32,33)24(25,26)27)31(15)23-29-19-10-11-34-14-18(19)22(30-23)28-13-16-6-3-2-4-7-16/h2-9,12H,10-11,13-14H2,1H3,(H,28,29,30). The minimum absolute atomic E-state index is 0.186. The molecule has 0 bridgehead atoms. The summed E-state index contributed by atoms with van der Waals surface area (Å²) in [5, 5.41) is 3.53. The van der Waals surface area contributed by atoms with Crippen LogP contribution in [0.15, 0.2) is 54.6 Å². The number of ether oxygens (including phenoxy) is 1. The second-order valence-electron chi connectivity index (χ2n) is 8.23. The third-order valence-electron chi connectivity index (χ3n) is 5.79. The molecule has 1 N–H and O–H groups in total. The topological polar surface area (TPSA) is 95.3 Å². The van der Waals surface area contributed by atoms with Crippen molar-refractivity contribution in [3.8, 4) is 11.7 Å². The van der Waals surface area contributed by atoms with Crippen molar-refractivity contribution < 1.29 is 30.5 Å². The molecule has 2 aromatic heterocycles. The zero-order valence-corrected chi connectivity index (χ0v) is 19.9. The van der Waals surface area contributed by atoms with Crippen LogP contribution in [0, 0.1) is 6.92 Å². The highest BCUT2D eigenvalue weighted by molar-refractivity contribution is 7.88. The average Bonchev–Trinajstić information content (AvgIpc) is 3.19. The molecule has 1 aliphatic rings. The van der Waals surface area contributed by atoms with Gasteiger partial charge in [-0.2, -0.15) is 26.6 Å². The quantitative estimate of drug-likeness (QED) is 0.293. The summed E-state index contributed by atoms with van der Waals surface area (Å²) in [6.07, 6.45) is 0.571. The molecular weight excluding hydrogens is 497 g/mol. The van der Waals surface area contributed by atoms with Crippen molar-refractivity contribution in [3.05, 3.63) is 77.1 Å². The van der Waals surface area contributed by atoms with Crippen LogP contribution in [0.2, 0.25) is 0 Å². The molecule has 0 saturated carbocycles. The second-order valence-corrected chi connectivity index (χ2v) is 9.77. The fourth-order valence-electron chi connectivity index (χ4n) is 4.09. The fraction of sp³-hybridized carbons (Fsp3) is 0.250. The predicted molar refractivity (Wildman–Crippen MR) is 126 cm³/mol. The van der Waals surface area contributed by atoms with Gasteiger partial charge in [0.15, 0.2) is 5.75 Å². The summed E-state index contributed by atoms with van der Waals surface area (Å²) in [4.78, 5) is 9.44. The molecule has 0 atom stereocenters. The number of nitrogens with one attached hydrogen (secondary N) is 1. The van der Waals surface area contributed by atoms with Gasteiger partial charge in [-0.15, -0.1) is 0 Å². The molecule has 36 heavy (non-hydrogen) atoms.